The first kappa shape index (κ1) is 89.8. The molecule has 0 aliphatic carbocycles. The van der Waals surface area contributed by atoms with Gasteiger partial charge >= 0.3 is 30.1 Å². The van der Waals surface area contributed by atoms with Crippen LogP contribution in [0.2, 0.25) is 0 Å². The van der Waals surface area contributed by atoms with Gasteiger partial charge in [-0.1, -0.05) is 24.3 Å². The summed E-state index contributed by atoms with van der Waals surface area (Å²) in [7, 11) is 3.25. The Balaban J connectivity index is 0.000000436. The van der Waals surface area contributed by atoms with Crippen molar-refractivity contribution in [1.82, 2.24) is 29.2 Å². The number of nitro benzene ring substituents is 2. The van der Waals surface area contributed by atoms with Crippen molar-refractivity contribution in [3.63, 3.8) is 0 Å². The molecular formula is C73H111BrFN15O13. The molecule has 4 amide bonds. The number of carbonyl (C=O) groups is 4. The van der Waals surface area contributed by atoms with Gasteiger partial charge in [0, 0.05) is 119 Å². The zero-order valence-electron chi connectivity index (χ0n) is 63.4. The van der Waals surface area contributed by atoms with Gasteiger partial charge in [0.1, 0.15) is 33.1 Å². The van der Waals surface area contributed by atoms with Crippen molar-refractivity contribution in [3.05, 3.63) is 121 Å². The SMILES string of the molecule is C#N.CC(C)(C)OC(=O)N1CCC[C@H](N)C1.COC.Cc1ccc(F)c([N+](=O)[O-])c1.Cc1ccc(N[C@H]2CCCN(C(=O)OC(C)(C)C)C2)c(N)c1.Cc1ccc(N[C@H]2CCCN(C(=O)OC(C)(C)C)C2)c([N+](=O)[O-])c1.Cc1ccc2c(c1)nc(N)n2[C@H]1CCCN(C(=O)OC(C)(C)C)C1.N#CBr. The normalized spacial score (nSPS) is 17.1. The highest BCUT2D eigenvalue weighted by molar-refractivity contribution is 9.12. The number of nitro groups is 2. The topological polar surface area (TPSA) is 381 Å². The number of aromatic nitrogens is 2. The van der Waals surface area contributed by atoms with Gasteiger partial charge in [0.15, 0.2) is 0 Å². The Morgan fingerprint density at radius 2 is 0.922 bits per heavy atom. The molecule has 0 bridgehead atoms. The van der Waals surface area contributed by atoms with Crippen molar-refractivity contribution in [3.8, 4) is 11.6 Å². The number of imidazole rings is 1. The first-order chi connectivity index (χ1) is 48.0. The van der Waals surface area contributed by atoms with Gasteiger partial charge < -0.3 is 75.7 Å². The maximum Gasteiger partial charge on any atom is 0.410 e. The highest BCUT2D eigenvalue weighted by Crippen LogP contribution is 2.32. The van der Waals surface area contributed by atoms with Crippen molar-refractivity contribution in [2.45, 2.75) is 209 Å². The number of benzene rings is 4. The molecule has 4 aromatic carbocycles. The number of aryl methyl sites for hydroxylation is 4. The average molecular weight is 1510 g/mol. The molecule has 4 aliphatic rings. The summed E-state index contributed by atoms with van der Waals surface area (Å²) in [5, 5.41) is 41.8. The number of piperidine rings is 4. The number of methoxy groups -OCH3 is 1. The van der Waals surface area contributed by atoms with Crippen LogP contribution in [0.5, 0.6) is 0 Å². The molecule has 9 rings (SSSR count). The highest BCUT2D eigenvalue weighted by Gasteiger charge is 2.33. The molecule has 0 unspecified atom stereocenters. The summed E-state index contributed by atoms with van der Waals surface area (Å²) in [6, 6.07) is 21.4. The van der Waals surface area contributed by atoms with E-state index in [9.17, 15) is 43.8 Å². The van der Waals surface area contributed by atoms with Crippen LogP contribution in [0.4, 0.5) is 58.0 Å². The molecule has 0 saturated carbocycles. The number of fused-ring (bicyclic) bond motifs is 1. The number of nitrogens with two attached hydrogens (primary N) is 3. The Bertz CT molecular complexity index is 3620. The van der Waals surface area contributed by atoms with Crippen LogP contribution in [-0.4, -0.2) is 170 Å². The Labute approximate surface area is 615 Å². The lowest BCUT2D eigenvalue weighted by atomic mass is 10.1. The maximum atomic E-state index is 12.6. The van der Waals surface area contributed by atoms with Crippen LogP contribution >= 0.6 is 15.9 Å². The zero-order chi connectivity index (χ0) is 78.3. The number of nitrogens with zero attached hydrogens (tertiary/aromatic N) is 10. The number of amides is 4. The highest BCUT2D eigenvalue weighted by atomic mass is 79.9. The minimum Gasteiger partial charge on any atom is -0.444 e. The number of nitrogen functional groups attached to an aromatic ring is 2. The van der Waals surface area contributed by atoms with Gasteiger partial charge in [-0.3, -0.25) is 20.2 Å². The van der Waals surface area contributed by atoms with Crippen LogP contribution in [0.1, 0.15) is 163 Å². The van der Waals surface area contributed by atoms with Crippen molar-refractivity contribution < 1.29 is 57.1 Å². The molecule has 8 N–H and O–H groups in total. The Morgan fingerprint density at radius 1 is 0.573 bits per heavy atom. The van der Waals surface area contributed by atoms with Gasteiger partial charge in [-0.05, 0) is 221 Å². The fraction of sp³-hybridized carbons (Fsp3) is 0.575. The molecule has 5 heterocycles. The molecular weight excluding hydrogens is 1390 g/mol. The molecule has 570 valence electrons. The van der Waals surface area contributed by atoms with E-state index in [0.29, 0.717) is 49.9 Å². The van der Waals surface area contributed by atoms with Crippen LogP contribution in [0.3, 0.4) is 0 Å². The van der Waals surface area contributed by atoms with E-state index in [-0.39, 0.29) is 59.2 Å². The van der Waals surface area contributed by atoms with E-state index >= 15 is 0 Å². The molecule has 0 radical (unpaired) electrons. The van der Waals surface area contributed by atoms with E-state index in [1.807, 2.05) is 134 Å². The number of rotatable bonds is 7. The third-order valence-corrected chi connectivity index (χ3v) is 15.1. The molecule has 4 aliphatic heterocycles. The van der Waals surface area contributed by atoms with Crippen molar-refractivity contribution in [2.75, 3.05) is 88.7 Å². The van der Waals surface area contributed by atoms with Gasteiger partial charge in [0.25, 0.3) is 5.69 Å². The monoisotopic (exact) mass is 1500 g/mol. The van der Waals surface area contributed by atoms with Gasteiger partial charge in [-0.15, -0.1) is 0 Å². The molecule has 4 atom stereocenters. The van der Waals surface area contributed by atoms with Crippen molar-refractivity contribution in [1.29, 1.82) is 10.5 Å². The molecule has 1 aromatic heterocycles. The molecule has 5 aromatic rings. The first-order valence-corrected chi connectivity index (χ1v) is 34.9. The van der Waals surface area contributed by atoms with Gasteiger partial charge in [-0.25, -0.2) is 29.4 Å². The van der Waals surface area contributed by atoms with E-state index in [0.717, 1.165) is 116 Å². The van der Waals surface area contributed by atoms with Crippen LogP contribution in [0.15, 0.2) is 72.8 Å². The first-order valence-electron chi connectivity index (χ1n) is 34.1. The lowest BCUT2D eigenvalue weighted by molar-refractivity contribution is -0.387. The number of hydrogen-bond acceptors (Lipinski definition) is 21. The van der Waals surface area contributed by atoms with Gasteiger partial charge in [0.05, 0.1) is 38.3 Å². The van der Waals surface area contributed by atoms with Crippen LogP contribution in [0, 0.1) is 75.8 Å². The second-order valence-electron chi connectivity index (χ2n) is 29.3. The maximum absolute atomic E-state index is 12.6. The average Bonchev–Trinajstić information content (AvgIpc) is 1.64. The molecule has 30 heteroatoms. The number of likely N-dealkylation sites (tertiary alicyclic amines) is 4. The van der Waals surface area contributed by atoms with Gasteiger partial charge in [0.2, 0.25) is 11.8 Å². The Morgan fingerprint density at radius 3 is 1.33 bits per heavy atom. The van der Waals surface area contributed by atoms with Crippen molar-refractivity contribution in [2.24, 2.45) is 5.73 Å². The van der Waals surface area contributed by atoms with E-state index < -0.39 is 38.8 Å². The second kappa shape index (κ2) is 42.4. The minimum atomic E-state index is -0.791. The number of nitrogens with one attached hydrogen (secondary N) is 2. The van der Waals surface area contributed by atoms with E-state index in [1.54, 1.807) is 57.9 Å². The largest absolute Gasteiger partial charge is 0.444 e. The number of nitriles is 2. The fourth-order valence-corrected chi connectivity index (χ4v) is 10.9. The lowest BCUT2D eigenvalue weighted by Gasteiger charge is -2.35. The minimum absolute atomic E-state index is 0.0346. The van der Waals surface area contributed by atoms with Crippen LogP contribution < -0.4 is 27.8 Å². The number of ether oxygens (including phenoxy) is 5. The summed E-state index contributed by atoms with van der Waals surface area (Å²) >= 11 is 2.45. The number of halogens is 2. The second-order valence-corrected chi connectivity index (χ2v) is 29.6. The third kappa shape index (κ3) is 33.6. The quantitative estimate of drug-likeness (QED) is 0.0437. The number of carbonyl (C=O) groups excluding carboxylic acids is 4. The van der Waals surface area contributed by atoms with Crippen LogP contribution in [0.25, 0.3) is 11.0 Å². The zero-order valence-corrected chi connectivity index (χ0v) is 65.0. The van der Waals surface area contributed by atoms with Gasteiger partial charge in [-0.2, -0.15) is 9.65 Å². The summed E-state index contributed by atoms with van der Waals surface area (Å²) in [6.45, 7) is 38.7. The molecule has 0 spiro atoms. The summed E-state index contributed by atoms with van der Waals surface area (Å²) < 4.78 is 40.5. The summed E-state index contributed by atoms with van der Waals surface area (Å²) in [5.41, 5.74) is 23.6. The smallest absolute Gasteiger partial charge is 0.410 e. The molecule has 28 nitrogen and oxygen atoms in total. The lowest BCUT2D eigenvalue weighted by Crippen LogP contribution is -2.47. The molecule has 103 heavy (non-hydrogen) atoms. The summed E-state index contributed by atoms with van der Waals surface area (Å²) in [6.07, 6.45) is 6.45. The Kier molecular flexibility index (Phi) is 36.9. The van der Waals surface area contributed by atoms with E-state index in [4.69, 9.17) is 46.7 Å². The third-order valence-electron chi connectivity index (χ3n) is 15.1. The number of anilines is 4. The van der Waals surface area contributed by atoms with Crippen molar-refractivity contribution >= 4 is 85.7 Å². The van der Waals surface area contributed by atoms with E-state index in [2.05, 4.69) is 59.6 Å². The van der Waals surface area contributed by atoms with E-state index in [1.165, 1.54) is 12.1 Å². The summed E-state index contributed by atoms with van der Waals surface area (Å²) in [4.78, 5) is 81.5. The van der Waals surface area contributed by atoms with Crippen LogP contribution in [-0.2, 0) is 23.7 Å². The molecule has 4 fully saturated rings. The predicted molar refractivity (Wildman–Crippen MR) is 404 cm³/mol. The standard InChI is InChI=1S/C18H26N4O2.C17H25N3O4.C17H27N3O2.C10H20N2O2.C7H6FNO2.C2H6O.CBrN.CHN/c1-12-7-8-15-14(10-12)20-16(19)22(15)13-6-5-9-21(11-13)17(23)24-18(2,3)4;1-12-7-8-14(15(10-12)20(22)23)18-13-6-5-9-19(11-13)16(21)24-17(2,3)4;1-12-7-8-15(14(18)10-12)19-13-6-5-9-20(11-13)16(21)22-17(2,3)4;1-10(2,3)14-9(13)12-6-4-5-8(11)7-12;1-5-2-3-6(8)7(4-5)9(10)11;1-3-2;2-1-3;1-2/h7-8,10,13H,5-6,9,11H2,1-4H3,(H2,19,20);7-8,10,13,18H,5-6,9,11H2,1-4H3;7-8,10,13,19H,5-6,9,11,18H2,1-4H3;8H,4-7,11H2,1-3H3;2-4H,1H3;1-2H3;;1H/t3*13-;8-;;;;/m0000..../s1. The number of hydrogen-bond donors (Lipinski definition) is 5. The molecule has 4 saturated heterocycles. The fourth-order valence-electron chi connectivity index (χ4n) is 10.9. The predicted octanol–water partition coefficient (Wildman–Crippen LogP) is 15.3. The Hall–Kier alpha value is -9.26. The summed E-state index contributed by atoms with van der Waals surface area (Å²) in [5.74, 6) is -0.285.